The molecule has 3 rings (SSSR count). The lowest BCUT2D eigenvalue weighted by Gasteiger charge is -2.02. The highest BCUT2D eigenvalue weighted by Crippen LogP contribution is 2.21. The van der Waals surface area contributed by atoms with E-state index in [0.29, 0.717) is 5.02 Å². The Kier molecular flexibility index (Phi) is 4.26. The third kappa shape index (κ3) is 3.46. The highest BCUT2D eigenvalue weighted by atomic mass is 35.5. The van der Waals surface area contributed by atoms with Gasteiger partial charge in [-0.2, -0.15) is 0 Å². The Balaban J connectivity index is 1.60. The lowest BCUT2D eigenvalue weighted by Crippen LogP contribution is -2.01. The van der Waals surface area contributed by atoms with Crippen molar-refractivity contribution in [3.63, 3.8) is 0 Å². The van der Waals surface area contributed by atoms with E-state index in [0.717, 1.165) is 34.7 Å². The Morgan fingerprint density at radius 3 is 2.81 bits per heavy atom. The van der Waals surface area contributed by atoms with Crippen molar-refractivity contribution in [2.45, 2.75) is 18.6 Å². The van der Waals surface area contributed by atoms with E-state index in [9.17, 15) is 0 Å². The van der Waals surface area contributed by atoms with E-state index in [-0.39, 0.29) is 0 Å². The maximum absolute atomic E-state index is 5.88. The van der Waals surface area contributed by atoms with Gasteiger partial charge in [-0.05, 0) is 31.2 Å². The van der Waals surface area contributed by atoms with Gasteiger partial charge in [-0.1, -0.05) is 23.4 Å². The molecular weight excluding hydrogens is 306 g/mol. The van der Waals surface area contributed by atoms with Crippen LogP contribution in [0.5, 0.6) is 0 Å². The SMILES string of the molecule is Cc1nccn1CCSc1n[nH]c(-c2ccc(Cl)cc2)n1. The number of imidazole rings is 1. The molecule has 7 heteroatoms. The summed E-state index contributed by atoms with van der Waals surface area (Å²) in [6, 6.07) is 7.53. The molecule has 0 fully saturated rings. The summed E-state index contributed by atoms with van der Waals surface area (Å²) in [6.45, 7) is 2.89. The minimum Gasteiger partial charge on any atom is -0.334 e. The summed E-state index contributed by atoms with van der Waals surface area (Å²) in [5.74, 6) is 2.68. The van der Waals surface area contributed by atoms with Crippen LogP contribution in [0.4, 0.5) is 0 Å². The van der Waals surface area contributed by atoms with Crippen LogP contribution in [-0.2, 0) is 6.54 Å². The fourth-order valence-corrected chi connectivity index (χ4v) is 2.79. The highest BCUT2D eigenvalue weighted by molar-refractivity contribution is 7.99. The van der Waals surface area contributed by atoms with Crippen LogP contribution in [0.15, 0.2) is 41.8 Å². The number of aromatic amines is 1. The van der Waals surface area contributed by atoms with E-state index >= 15 is 0 Å². The van der Waals surface area contributed by atoms with E-state index in [1.54, 1.807) is 11.8 Å². The van der Waals surface area contributed by atoms with Crippen LogP contribution in [0.2, 0.25) is 5.02 Å². The van der Waals surface area contributed by atoms with Gasteiger partial charge in [0.1, 0.15) is 5.82 Å². The summed E-state index contributed by atoms with van der Waals surface area (Å²) in [6.07, 6.45) is 3.79. The van der Waals surface area contributed by atoms with Gasteiger partial charge in [0, 0.05) is 35.3 Å². The van der Waals surface area contributed by atoms with Gasteiger partial charge in [0.05, 0.1) is 0 Å². The number of hydrogen-bond donors (Lipinski definition) is 1. The molecule has 0 saturated carbocycles. The van der Waals surface area contributed by atoms with Crippen LogP contribution >= 0.6 is 23.4 Å². The van der Waals surface area contributed by atoms with Gasteiger partial charge in [0.15, 0.2) is 5.82 Å². The largest absolute Gasteiger partial charge is 0.334 e. The van der Waals surface area contributed by atoms with E-state index in [1.165, 1.54) is 0 Å². The highest BCUT2D eigenvalue weighted by Gasteiger charge is 2.06. The zero-order chi connectivity index (χ0) is 14.7. The summed E-state index contributed by atoms with van der Waals surface area (Å²) in [7, 11) is 0. The van der Waals surface area contributed by atoms with Gasteiger partial charge in [-0.15, -0.1) is 5.10 Å². The van der Waals surface area contributed by atoms with Crippen LogP contribution in [-0.4, -0.2) is 30.5 Å². The molecule has 0 atom stereocenters. The van der Waals surface area contributed by atoms with Crippen molar-refractivity contribution in [3.05, 3.63) is 47.5 Å². The first-order valence-corrected chi connectivity index (χ1v) is 7.87. The first-order valence-electron chi connectivity index (χ1n) is 6.51. The normalized spacial score (nSPS) is 11.0. The Hall–Kier alpha value is -1.79. The monoisotopic (exact) mass is 319 g/mol. The average molecular weight is 320 g/mol. The zero-order valence-corrected chi connectivity index (χ0v) is 13.0. The number of rotatable bonds is 5. The quantitative estimate of drug-likeness (QED) is 0.732. The van der Waals surface area contributed by atoms with E-state index in [4.69, 9.17) is 11.6 Å². The summed E-state index contributed by atoms with van der Waals surface area (Å²) in [5, 5.41) is 8.64. The van der Waals surface area contributed by atoms with Gasteiger partial charge in [0.2, 0.25) is 5.16 Å². The summed E-state index contributed by atoms with van der Waals surface area (Å²) >= 11 is 7.49. The molecule has 5 nitrogen and oxygen atoms in total. The Bertz CT molecular complexity index is 719. The second kappa shape index (κ2) is 6.32. The second-order valence-corrected chi connectivity index (χ2v) is 5.99. The number of hydrogen-bond acceptors (Lipinski definition) is 4. The maximum Gasteiger partial charge on any atom is 0.208 e. The molecule has 0 amide bonds. The Morgan fingerprint density at radius 1 is 1.29 bits per heavy atom. The molecule has 0 aliphatic rings. The van der Waals surface area contributed by atoms with Crippen molar-refractivity contribution < 1.29 is 0 Å². The van der Waals surface area contributed by atoms with E-state index in [2.05, 4.69) is 24.7 Å². The lowest BCUT2D eigenvalue weighted by molar-refractivity contribution is 0.737. The molecule has 0 bridgehead atoms. The van der Waals surface area contributed by atoms with E-state index in [1.807, 2.05) is 43.6 Å². The Labute approximate surface area is 131 Å². The molecule has 0 unspecified atom stereocenters. The molecule has 3 aromatic rings. The van der Waals surface area contributed by atoms with Gasteiger partial charge in [-0.25, -0.2) is 9.97 Å². The predicted octanol–water partition coefficient (Wildman–Crippen LogP) is 3.42. The van der Waals surface area contributed by atoms with Crippen molar-refractivity contribution in [2.75, 3.05) is 5.75 Å². The van der Waals surface area contributed by atoms with Crippen molar-refractivity contribution in [3.8, 4) is 11.4 Å². The van der Waals surface area contributed by atoms with Crippen LogP contribution in [0, 0.1) is 6.92 Å². The first kappa shape index (κ1) is 14.2. The number of halogens is 1. The van der Waals surface area contributed by atoms with Crippen LogP contribution in [0.3, 0.4) is 0 Å². The van der Waals surface area contributed by atoms with Gasteiger partial charge in [-0.3, -0.25) is 5.10 Å². The van der Waals surface area contributed by atoms with Crippen molar-refractivity contribution >= 4 is 23.4 Å². The number of nitrogens with one attached hydrogen (secondary N) is 1. The van der Waals surface area contributed by atoms with Crippen LogP contribution in [0.1, 0.15) is 5.82 Å². The number of thioether (sulfide) groups is 1. The van der Waals surface area contributed by atoms with Crippen LogP contribution in [0.25, 0.3) is 11.4 Å². The fraction of sp³-hybridized carbons (Fsp3) is 0.214. The third-order valence-corrected chi connectivity index (χ3v) is 4.15. The molecule has 108 valence electrons. The number of aromatic nitrogens is 5. The molecule has 1 N–H and O–H groups in total. The van der Waals surface area contributed by atoms with Gasteiger partial charge >= 0.3 is 0 Å². The van der Waals surface area contributed by atoms with Crippen molar-refractivity contribution in [1.82, 2.24) is 24.7 Å². The fourth-order valence-electron chi connectivity index (χ4n) is 1.92. The number of H-pyrrole nitrogens is 1. The summed E-state index contributed by atoms with van der Waals surface area (Å²) in [4.78, 5) is 8.68. The molecule has 0 radical (unpaired) electrons. The minimum atomic E-state index is 0.712. The van der Waals surface area contributed by atoms with Crippen molar-refractivity contribution in [2.24, 2.45) is 0 Å². The molecule has 0 spiro atoms. The average Bonchev–Trinajstić information content (AvgIpc) is 3.10. The number of aryl methyl sites for hydroxylation is 2. The molecule has 2 aromatic heterocycles. The summed E-state index contributed by atoms with van der Waals surface area (Å²) < 4.78 is 2.11. The Morgan fingerprint density at radius 2 is 2.10 bits per heavy atom. The molecule has 1 aromatic carbocycles. The maximum atomic E-state index is 5.88. The lowest BCUT2D eigenvalue weighted by atomic mass is 10.2. The molecular formula is C14H14ClN5S. The summed E-state index contributed by atoms with van der Waals surface area (Å²) in [5.41, 5.74) is 0.976. The van der Waals surface area contributed by atoms with E-state index < -0.39 is 0 Å². The molecule has 0 aliphatic carbocycles. The molecule has 0 aliphatic heterocycles. The molecule has 2 heterocycles. The predicted molar refractivity (Wildman–Crippen MR) is 84.5 cm³/mol. The number of nitrogens with zero attached hydrogens (tertiary/aromatic N) is 4. The standard InChI is InChI=1S/C14H14ClN5S/c1-10-16-6-7-20(10)8-9-21-14-17-13(18-19-14)11-2-4-12(15)5-3-11/h2-7H,8-9H2,1H3,(H,17,18,19). The van der Waals surface area contributed by atoms with Crippen molar-refractivity contribution in [1.29, 1.82) is 0 Å². The number of benzene rings is 1. The second-order valence-electron chi connectivity index (χ2n) is 4.49. The van der Waals surface area contributed by atoms with Gasteiger partial charge in [0.25, 0.3) is 0 Å². The topological polar surface area (TPSA) is 59.4 Å². The molecule has 0 saturated heterocycles. The minimum absolute atomic E-state index is 0.712. The zero-order valence-electron chi connectivity index (χ0n) is 11.5. The third-order valence-electron chi connectivity index (χ3n) is 3.07. The smallest absolute Gasteiger partial charge is 0.208 e. The van der Waals surface area contributed by atoms with Crippen LogP contribution < -0.4 is 0 Å². The molecule has 21 heavy (non-hydrogen) atoms. The van der Waals surface area contributed by atoms with Gasteiger partial charge < -0.3 is 4.57 Å². The first-order chi connectivity index (χ1) is 10.2.